The number of ether oxygens (including phenoxy) is 1. The van der Waals surface area contributed by atoms with Crippen molar-refractivity contribution in [3.8, 4) is 5.75 Å². The number of thioether (sulfide) groups is 1. The molecule has 0 heterocycles. The minimum absolute atomic E-state index is 0.507. The molecule has 0 fully saturated rings. The highest BCUT2D eigenvalue weighted by Gasteiger charge is 2.14. The number of aliphatic carboxylic acids is 1. The number of hydrogen-bond acceptors (Lipinski definition) is 3. The Morgan fingerprint density at radius 2 is 2.27 bits per heavy atom. The molecule has 0 saturated carbocycles. The minimum Gasteiger partial charge on any atom is -0.497 e. The van der Waals surface area contributed by atoms with Crippen molar-refractivity contribution in [1.82, 2.24) is 0 Å². The molecule has 0 radical (unpaired) electrons. The summed E-state index contributed by atoms with van der Waals surface area (Å²) in [6, 6.07) is 5.17. The van der Waals surface area contributed by atoms with Gasteiger partial charge in [0.2, 0.25) is 0 Å². The number of rotatable bonds is 4. The normalized spacial score (nSPS) is 12.2. The van der Waals surface area contributed by atoms with Crippen LogP contribution in [0.3, 0.4) is 0 Å². The average Bonchev–Trinajstić information content (AvgIpc) is 2.20. The fraction of sp³-hybridized carbons (Fsp3) is 0.300. The van der Waals surface area contributed by atoms with Gasteiger partial charge in [0.15, 0.2) is 0 Å². The molecule has 0 aromatic heterocycles. The van der Waals surface area contributed by atoms with Gasteiger partial charge in [-0.05, 0) is 25.1 Å². The van der Waals surface area contributed by atoms with Gasteiger partial charge in [0.1, 0.15) is 11.0 Å². The number of methoxy groups -OCH3 is 1. The summed E-state index contributed by atoms with van der Waals surface area (Å²) in [6.07, 6.45) is 0. The van der Waals surface area contributed by atoms with Gasteiger partial charge in [-0.3, -0.25) is 4.79 Å². The van der Waals surface area contributed by atoms with Crippen LogP contribution in [0.4, 0.5) is 0 Å². The molecule has 0 spiro atoms. The molecule has 0 aliphatic rings. The van der Waals surface area contributed by atoms with Gasteiger partial charge in [-0.2, -0.15) is 0 Å². The first-order valence-electron chi connectivity index (χ1n) is 4.27. The number of halogens is 1. The Balaban J connectivity index is 2.82. The van der Waals surface area contributed by atoms with Gasteiger partial charge in [0, 0.05) is 4.90 Å². The Morgan fingerprint density at radius 1 is 1.60 bits per heavy atom. The fourth-order valence-electron chi connectivity index (χ4n) is 0.945. The van der Waals surface area contributed by atoms with E-state index in [-0.39, 0.29) is 0 Å². The highest BCUT2D eigenvalue weighted by Crippen LogP contribution is 2.32. The molecule has 0 aliphatic heterocycles. The zero-order chi connectivity index (χ0) is 11.4. The van der Waals surface area contributed by atoms with Crippen molar-refractivity contribution in [2.45, 2.75) is 17.1 Å². The van der Waals surface area contributed by atoms with Crippen LogP contribution in [0.25, 0.3) is 0 Å². The van der Waals surface area contributed by atoms with Crippen LogP contribution >= 0.6 is 23.4 Å². The van der Waals surface area contributed by atoms with Crippen LogP contribution in [-0.2, 0) is 4.79 Å². The predicted molar refractivity (Wildman–Crippen MR) is 61.0 cm³/mol. The van der Waals surface area contributed by atoms with Crippen molar-refractivity contribution in [3.63, 3.8) is 0 Å². The predicted octanol–water partition coefficient (Wildman–Crippen LogP) is 2.91. The number of carboxylic acid groups (broad SMARTS) is 1. The van der Waals surface area contributed by atoms with E-state index in [0.717, 1.165) is 4.90 Å². The van der Waals surface area contributed by atoms with E-state index in [4.69, 9.17) is 21.4 Å². The van der Waals surface area contributed by atoms with Crippen molar-refractivity contribution in [2.24, 2.45) is 0 Å². The maximum atomic E-state index is 10.6. The lowest BCUT2D eigenvalue weighted by molar-refractivity contribution is -0.136. The van der Waals surface area contributed by atoms with E-state index in [0.29, 0.717) is 10.8 Å². The summed E-state index contributed by atoms with van der Waals surface area (Å²) in [5.41, 5.74) is 0. The standard InChI is InChI=1S/C10H11ClO3S/c1-6(10(12)13)15-9-4-3-7(14-2)5-8(9)11/h3-6H,1-2H3,(H,12,13). The summed E-state index contributed by atoms with van der Waals surface area (Å²) in [4.78, 5) is 11.4. The molecule has 15 heavy (non-hydrogen) atoms. The van der Waals surface area contributed by atoms with E-state index in [1.165, 1.54) is 11.8 Å². The molecule has 1 aromatic rings. The van der Waals surface area contributed by atoms with Crippen LogP contribution in [0, 0.1) is 0 Å². The molecular weight excluding hydrogens is 236 g/mol. The first-order chi connectivity index (χ1) is 7.04. The van der Waals surface area contributed by atoms with E-state index in [9.17, 15) is 4.79 Å². The molecule has 1 N–H and O–H groups in total. The van der Waals surface area contributed by atoms with Gasteiger partial charge in [0.25, 0.3) is 0 Å². The summed E-state index contributed by atoms with van der Waals surface area (Å²) >= 11 is 7.17. The Hall–Kier alpha value is -0.870. The molecule has 0 bridgehead atoms. The van der Waals surface area contributed by atoms with E-state index in [1.54, 1.807) is 32.2 Å². The number of benzene rings is 1. The summed E-state index contributed by atoms with van der Waals surface area (Å²) in [7, 11) is 1.55. The number of carboxylic acids is 1. The third kappa shape index (κ3) is 3.32. The zero-order valence-corrected chi connectivity index (χ0v) is 9.93. The van der Waals surface area contributed by atoms with Crippen molar-refractivity contribution >= 4 is 29.3 Å². The summed E-state index contributed by atoms with van der Waals surface area (Å²) in [5.74, 6) is -0.195. The second kappa shape index (κ2) is 5.28. The highest BCUT2D eigenvalue weighted by molar-refractivity contribution is 8.00. The van der Waals surface area contributed by atoms with Crippen LogP contribution in [0.1, 0.15) is 6.92 Å². The van der Waals surface area contributed by atoms with Crippen molar-refractivity contribution in [3.05, 3.63) is 23.2 Å². The van der Waals surface area contributed by atoms with Crippen LogP contribution in [0.5, 0.6) is 5.75 Å². The maximum absolute atomic E-state index is 10.6. The van der Waals surface area contributed by atoms with Crippen molar-refractivity contribution in [1.29, 1.82) is 0 Å². The SMILES string of the molecule is COc1ccc(SC(C)C(=O)O)c(Cl)c1. The van der Waals surface area contributed by atoms with Gasteiger partial charge < -0.3 is 9.84 Å². The van der Waals surface area contributed by atoms with E-state index in [2.05, 4.69) is 0 Å². The van der Waals surface area contributed by atoms with Crippen LogP contribution < -0.4 is 4.74 Å². The lowest BCUT2D eigenvalue weighted by atomic mass is 10.3. The first-order valence-corrected chi connectivity index (χ1v) is 5.53. The Kier molecular flexibility index (Phi) is 4.29. The van der Waals surface area contributed by atoms with Gasteiger partial charge in [-0.15, -0.1) is 11.8 Å². The molecule has 1 atom stereocenters. The van der Waals surface area contributed by atoms with Gasteiger partial charge in [0.05, 0.1) is 12.1 Å². The first kappa shape index (κ1) is 12.2. The molecule has 82 valence electrons. The lowest BCUT2D eigenvalue weighted by Gasteiger charge is -2.08. The van der Waals surface area contributed by atoms with Gasteiger partial charge in [-0.1, -0.05) is 11.6 Å². The van der Waals surface area contributed by atoms with Gasteiger partial charge >= 0.3 is 5.97 Å². The van der Waals surface area contributed by atoms with Crippen LogP contribution in [0.2, 0.25) is 5.02 Å². The molecule has 0 amide bonds. The van der Waals surface area contributed by atoms with Gasteiger partial charge in [-0.25, -0.2) is 0 Å². The third-order valence-electron chi connectivity index (χ3n) is 1.79. The molecule has 3 nitrogen and oxygen atoms in total. The second-order valence-electron chi connectivity index (χ2n) is 2.89. The summed E-state index contributed by atoms with van der Waals surface area (Å²) < 4.78 is 4.99. The molecule has 0 aliphatic carbocycles. The quantitative estimate of drug-likeness (QED) is 0.830. The number of carbonyl (C=O) groups is 1. The fourth-order valence-corrected chi connectivity index (χ4v) is 2.05. The Bertz CT molecular complexity index is 368. The third-order valence-corrected chi connectivity index (χ3v) is 3.38. The minimum atomic E-state index is -0.855. The van der Waals surface area contributed by atoms with Crippen molar-refractivity contribution < 1.29 is 14.6 Å². The zero-order valence-electron chi connectivity index (χ0n) is 8.36. The molecule has 5 heteroatoms. The lowest BCUT2D eigenvalue weighted by Crippen LogP contribution is -2.11. The summed E-state index contributed by atoms with van der Waals surface area (Å²) in [5, 5.41) is 8.74. The second-order valence-corrected chi connectivity index (χ2v) is 4.68. The molecule has 1 unspecified atom stereocenters. The van der Waals surface area contributed by atoms with Crippen LogP contribution in [-0.4, -0.2) is 23.4 Å². The van der Waals surface area contributed by atoms with E-state index >= 15 is 0 Å². The topological polar surface area (TPSA) is 46.5 Å². The Labute approximate surface area is 97.4 Å². The Morgan fingerprint density at radius 3 is 2.73 bits per heavy atom. The smallest absolute Gasteiger partial charge is 0.316 e. The molecular formula is C10H11ClO3S. The van der Waals surface area contributed by atoms with E-state index < -0.39 is 11.2 Å². The monoisotopic (exact) mass is 246 g/mol. The number of hydrogen-bond donors (Lipinski definition) is 1. The van der Waals surface area contributed by atoms with Crippen molar-refractivity contribution in [2.75, 3.05) is 7.11 Å². The molecule has 1 rings (SSSR count). The largest absolute Gasteiger partial charge is 0.497 e. The summed E-state index contributed by atoms with van der Waals surface area (Å²) in [6.45, 7) is 1.62. The molecule has 1 aromatic carbocycles. The average molecular weight is 247 g/mol. The van der Waals surface area contributed by atoms with E-state index in [1.807, 2.05) is 0 Å². The van der Waals surface area contributed by atoms with Crippen LogP contribution in [0.15, 0.2) is 23.1 Å². The highest BCUT2D eigenvalue weighted by atomic mass is 35.5. The maximum Gasteiger partial charge on any atom is 0.316 e. The molecule has 0 saturated heterocycles.